The maximum Gasteiger partial charge on any atom is 0.264 e. The first-order chi connectivity index (χ1) is 21.5. The van der Waals surface area contributed by atoms with Gasteiger partial charge in [0.15, 0.2) is 0 Å². The highest BCUT2D eigenvalue weighted by atomic mass is 32.2. The number of ether oxygens (including phenoxy) is 1. The lowest BCUT2D eigenvalue weighted by molar-refractivity contribution is -0.158. The van der Waals surface area contributed by atoms with E-state index in [-0.39, 0.29) is 52.8 Å². The summed E-state index contributed by atoms with van der Waals surface area (Å²) >= 11 is 0. The topological polar surface area (TPSA) is 125 Å². The molecule has 2 aliphatic heterocycles. The van der Waals surface area contributed by atoms with Crippen molar-refractivity contribution in [3.05, 3.63) is 65.2 Å². The van der Waals surface area contributed by atoms with Crippen LogP contribution < -0.4 is 9.46 Å². The molecular formula is C34H41N5O5S. The SMILES string of the molecule is CCC[C@@H]1COc2cc(-c3c(C)cccc3C)nc(n2)NS(=O)(=O)c2cccc(c2)C(=O)N1[C@H]1C[C@@H](N2CC3(CC(O)C3)C2)C1. The maximum atomic E-state index is 14.3. The molecule has 45 heavy (non-hydrogen) atoms. The number of aliphatic hydroxyl groups excluding tert-OH is 1. The lowest BCUT2D eigenvalue weighted by Crippen LogP contribution is -2.69. The summed E-state index contributed by atoms with van der Waals surface area (Å²) in [5, 5.41) is 9.82. The summed E-state index contributed by atoms with van der Waals surface area (Å²) in [6.07, 6.45) is 4.93. The summed E-state index contributed by atoms with van der Waals surface area (Å²) in [5.74, 6) is -0.0222. The van der Waals surface area contributed by atoms with Crippen LogP contribution in [0.3, 0.4) is 0 Å². The Morgan fingerprint density at radius 3 is 2.42 bits per heavy atom. The lowest BCUT2D eigenvalue weighted by atomic mass is 9.60. The van der Waals surface area contributed by atoms with Crippen LogP contribution >= 0.6 is 0 Å². The summed E-state index contributed by atoms with van der Waals surface area (Å²) < 4.78 is 36.1. The molecule has 2 aliphatic carbocycles. The largest absolute Gasteiger partial charge is 0.475 e. The number of benzene rings is 2. The first kappa shape index (κ1) is 30.1. The molecule has 0 radical (unpaired) electrons. The minimum Gasteiger partial charge on any atom is -0.475 e. The molecule has 2 saturated carbocycles. The van der Waals surface area contributed by atoms with Crippen molar-refractivity contribution in [2.45, 2.75) is 88.4 Å². The fraction of sp³-hybridized carbons (Fsp3) is 0.500. The quantitative estimate of drug-likeness (QED) is 0.420. The number of anilines is 1. The summed E-state index contributed by atoms with van der Waals surface area (Å²) in [5.41, 5.74) is 4.07. The molecule has 0 unspecified atom stereocenters. The zero-order valence-corrected chi connectivity index (χ0v) is 26.9. The van der Waals surface area contributed by atoms with Crippen LogP contribution in [0.1, 0.15) is 66.9 Å². The number of rotatable bonds is 5. The van der Waals surface area contributed by atoms with E-state index < -0.39 is 10.0 Å². The van der Waals surface area contributed by atoms with Crippen LogP contribution in [-0.4, -0.2) is 83.1 Å². The van der Waals surface area contributed by atoms with Gasteiger partial charge in [-0.3, -0.25) is 9.69 Å². The number of hydrogen-bond donors (Lipinski definition) is 2. The summed E-state index contributed by atoms with van der Waals surface area (Å²) in [6, 6.07) is 14.1. The number of nitrogens with one attached hydrogen (secondary N) is 1. The Labute approximate surface area is 264 Å². The second kappa shape index (κ2) is 11.4. The van der Waals surface area contributed by atoms with Gasteiger partial charge in [0, 0.05) is 47.8 Å². The normalized spacial score (nSPS) is 25.8. The van der Waals surface area contributed by atoms with Gasteiger partial charge in [-0.1, -0.05) is 37.6 Å². The number of aromatic nitrogens is 2. The molecule has 7 rings (SSSR count). The van der Waals surface area contributed by atoms with Gasteiger partial charge in [-0.05, 0) is 75.3 Å². The number of fused-ring (bicyclic) bond motifs is 4. The number of aryl methyl sites for hydroxylation is 2. The summed E-state index contributed by atoms with van der Waals surface area (Å²) in [4.78, 5) is 27.8. The molecule has 3 aromatic rings. The molecule has 4 aliphatic rings. The predicted octanol–water partition coefficient (Wildman–Crippen LogP) is 4.55. The van der Waals surface area contributed by atoms with Gasteiger partial charge in [0.2, 0.25) is 11.8 Å². The monoisotopic (exact) mass is 631 g/mol. The van der Waals surface area contributed by atoms with Gasteiger partial charge in [0.05, 0.1) is 22.7 Å². The van der Waals surface area contributed by atoms with Crippen LogP contribution in [0.2, 0.25) is 0 Å². The number of nitrogens with zero attached hydrogens (tertiary/aromatic N) is 4. The Kier molecular flexibility index (Phi) is 7.61. The average Bonchev–Trinajstić information content (AvgIpc) is 2.94. The summed E-state index contributed by atoms with van der Waals surface area (Å²) in [6.45, 7) is 8.33. The van der Waals surface area contributed by atoms with E-state index in [0.717, 1.165) is 68.3 Å². The van der Waals surface area contributed by atoms with E-state index in [4.69, 9.17) is 4.74 Å². The van der Waals surface area contributed by atoms with Gasteiger partial charge in [-0.15, -0.1) is 0 Å². The Hall–Kier alpha value is -3.54. The van der Waals surface area contributed by atoms with Crippen molar-refractivity contribution in [3.63, 3.8) is 0 Å². The van der Waals surface area contributed by atoms with Crippen molar-refractivity contribution in [1.82, 2.24) is 19.8 Å². The van der Waals surface area contributed by atoms with E-state index in [0.29, 0.717) is 17.3 Å². The second-order valence-corrected chi connectivity index (χ2v) is 15.2. The molecule has 3 fully saturated rings. The fourth-order valence-electron chi connectivity index (χ4n) is 7.82. The van der Waals surface area contributed by atoms with Gasteiger partial charge in [0.25, 0.3) is 15.9 Å². The Morgan fingerprint density at radius 2 is 1.73 bits per heavy atom. The zero-order chi connectivity index (χ0) is 31.5. The van der Waals surface area contributed by atoms with Gasteiger partial charge >= 0.3 is 0 Å². The molecule has 1 saturated heterocycles. The zero-order valence-electron chi connectivity index (χ0n) is 26.1. The van der Waals surface area contributed by atoms with Crippen molar-refractivity contribution in [3.8, 4) is 17.1 Å². The van der Waals surface area contributed by atoms with E-state index in [1.807, 2.05) is 36.9 Å². The molecule has 2 N–H and O–H groups in total. The molecule has 1 aromatic heterocycles. The predicted molar refractivity (Wildman–Crippen MR) is 171 cm³/mol. The molecule has 4 bridgehead atoms. The Balaban J connectivity index is 1.23. The third kappa shape index (κ3) is 5.59. The minimum atomic E-state index is -4.11. The number of aliphatic hydroxyl groups is 1. The molecule has 11 heteroatoms. The highest BCUT2D eigenvalue weighted by Gasteiger charge is 2.55. The second-order valence-electron chi connectivity index (χ2n) is 13.5. The molecule has 1 spiro atoms. The molecular weight excluding hydrogens is 590 g/mol. The van der Waals surface area contributed by atoms with Crippen molar-refractivity contribution in [2.24, 2.45) is 5.41 Å². The summed E-state index contributed by atoms with van der Waals surface area (Å²) in [7, 11) is -4.11. The smallest absolute Gasteiger partial charge is 0.264 e. The van der Waals surface area contributed by atoms with Crippen LogP contribution in [0.25, 0.3) is 11.3 Å². The number of hydrogen-bond acceptors (Lipinski definition) is 8. The number of carbonyl (C=O) groups excluding carboxylic acids is 1. The molecule has 3 heterocycles. The highest BCUT2D eigenvalue weighted by molar-refractivity contribution is 7.92. The van der Waals surface area contributed by atoms with Crippen molar-refractivity contribution >= 4 is 21.9 Å². The van der Waals surface area contributed by atoms with Crippen molar-refractivity contribution in [2.75, 3.05) is 24.4 Å². The number of amides is 1. The van der Waals surface area contributed by atoms with Crippen molar-refractivity contribution in [1.29, 1.82) is 0 Å². The lowest BCUT2D eigenvalue weighted by Gasteiger charge is -2.63. The van der Waals surface area contributed by atoms with Crippen LogP contribution in [0.4, 0.5) is 5.95 Å². The third-order valence-electron chi connectivity index (χ3n) is 10.1. The highest BCUT2D eigenvalue weighted by Crippen LogP contribution is 2.51. The first-order valence-corrected chi connectivity index (χ1v) is 17.5. The molecule has 1 atom stereocenters. The van der Waals surface area contributed by atoms with E-state index in [1.165, 1.54) is 12.1 Å². The van der Waals surface area contributed by atoms with Crippen molar-refractivity contribution < 1.29 is 23.1 Å². The standard InChI is InChI=1S/C34H41N5O5S/c1-4-7-24-18-44-30-15-29(31-21(2)8-5-9-22(31)3)35-33(36-30)37-45(42,43)28-11-6-10-23(12-28)32(41)39(24)26-13-25(14-26)38-19-34(20-38)16-27(40)17-34/h5-6,8-12,15,24-27,40H,4,7,13-14,16-20H2,1-3H3,(H,35,36,37)/t24-,25-,26+/m1/s1. The van der Waals surface area contributed by atoms with Crippen LogP contribution in [-0.2, 0) is 10.0 Å². The van der Waals surface area contributed by atoms with E-state index >= 15 is 0 Å². The fourth-order valence-corrected chi connectivity index (χ4v) is 8.81. The van der Waals surface area contributed by atoms with E-state index in [2.05, 4.69) is 26.5 Å². The van der Waals surface area contributed by atoms with Crippen LogP contribution in [0.5, 0.6) is 5.88 Å². The molecule has 238 valence electrons. The van der Waals surface area contributed by atoms with Gasteiger partial charge in [0.1, 0.15) is 6.61 Å². The van der Waals surface area contributed by atoms with Gasteiger partial charge < -0.3 is 14.7 Å². The molecule has 10 nitrogen and oxygen atoms in total. The van der Waals surface area contributed by atoms with Crippen LogP contribution in [0.15, 0.2) is 53.4 Å². The van der Waals surface area contributed by atoms with E-state index in [9.17, 15) is 18.3 Å². The molecule has 2 aromatic carbocycles. The number of sulfonamides is 1. The average molecular weight is 632 g/mol. The third-order valence-corrected chi connectivity index (χ3v) is 11.5. The number of likely N-dealkylation sites (tertiary alicyclic amines) is 1. The van der Waals surface area contributed by atoms with Crippen LogP contribution in [0, 0.1) is 19.3 Å². The maximum absolute atomic E-state index is 14.3. The Morgan fingerprint density at radius 1 is 1.02 bits per heavy atom. The van der Waals surface area contributed by atoms with Gasteiger partial charge in [-0.25, -0.2) is 18.1 Å². The number of carbonyl (C=O) groups is 1. The first-order valence-electron chi connectivity index (χ1n) is 16.0. The van der Waals surface area contributed by atoms with E-state index in [1.54, 1.807) is 18.2 Å². The minimum absolute atomic E-state index is 0.0147. The molecule has 1 amide bonds. The Bertz CT molecular complexity index is 1710. The van der Waals surface area contributed by atoms with Gasteiger partial charge in [-0.2, -0.15) is 4.98 Å².